The molecule has 0 unspecified atom stereocenters. The fourth-order valence-electron chi connectivity index (χ4n) is 2.78. The van der Waals surface area contributed by atoms with Gasteiger partial charge in [-0.05, 0) is 47.9 Å². The number of anilines is 2. The Bertz CT molecular complexity index is 886. The van der Waals surface area contributed by atoms with Crippen LogP contribution in [0.25, 0.3) is 0 Å². The first-order valence-electron chi connectivity index (χ1n) is 9.72. The van der Waals surface area contributed by atoms with Gasteiger partial charge in [0.1, 0.15) is 6.29 Å². The lowest BCUT2D eigenvalue weighted by atomic mass is 10.0. The van der Waals surface area contributed by atoms with Gasteiger partial charge in [-0.1, -0.05) is 38.1 Å². The number of carbonyl (C=O) groups is 4. The first kappa shape index (κ1) is 24.5. The maximum Gasteiger partial charge on any atom is 0.250 e. The number of benzene rings is 2. The van der Waals surface area contributed by atoms with Gasteiger partial charge in [0, 0.05) is 32.7 Å². The molecule has 0 aliphatic rings. The van der Waals surface area contributed by atoms with Crippen molar-refractivity contribution in [1.29, 1.82) is 0 Å². The summed E-state index contributed by atoms with van der Waals surface area (Å²) in [4.78, 5) is 48.0. The van der Waals surface area contributed by atoms with E-state index in [1.165, 1.54) is 24.8 Å². The van der Waals surface area contributed by atoms with E-state index in [-0.39, 0.29) is 17.7 Å². The summed E-state index contributed by atoms with van der Waals surface area (Å²) in [6.07, 6.45) is 3.61. The minimum Gasteiger partial charge on any atom is -0.312 e. The Kier molecular flexibility index (Phi) is 9.89. The molecule has 0 bridgehead atoms. The van der Waals surface area contributed by atoms with Crippen molar-refractivity contribution < 1.29 is 19.2 Å². The van der Waals surface area contributed by atoms with E-state index in [1.54, 1.807) is 19.2 Å². The van der Waals surface area contributed by atoms with Gasteiger partial charge >= 0.3 is 0 Å². The molecule has 0 saturated heterocycles. The standard InChI is InChI=1S/C22H22N2O4.C2H6/c1-16(26)24(17(2)27)21-12-8-19(9-13-21)15-18-6-10-20(11-7-18)23(3)22(28)5-4-14-25;1-2/h4-14H,15H2,1-3H3;1-2H3/b5-4-;. The van der Waals surface area contributed by atoms with Gasteiger partial charge in [0.25, 0.3) is 5.91 Å². The molecule has 0 radical (unpaired) electrons. The molecule has 0 saturated carbocycles. The van der Waals surface area contributed by atoms with Crippen LogP contribution in [-0.4, -0.2) is 31.1 Å². The van der Waals surface area contributed by atoms with E-state index < -0.39 is 0 Å². The van der Waals surface area contributed by atoms with E-state index >= 15 is 0 Å². The van der Waals surface area contributed by atoms with Crippen LogP contribution in [-0.2, 0) is 25.6 Å². The van der Waals surface area contributed by atoms with Crippen molar-refractivity contribution in [3.05, 3.63) is 71.8 Å². The van der Waals surface area contributed by atoms with Gasteiger partial charge in [-0.15, -0.1) is 0 Å². The molecule has 0 aromatic heterocycles. The quantitative estimate of drug-likeness (QED) is 0.536. The highest BCUT2D eigenvalue weighted by molar-refractivity contribution is 6.13. The van der Waals surface area contributed by atoms with Crippen molar-refractivity contribution in [2.24, 2.45) is 0 Å². The lowest BCUT2D eigenvalue weighted by Gasteiger charge is -2.17. The van der Waals surface area contributed by atoms with Crippen LogP contribution < -0.4 is 9.80 Å². The number of imide groups is 1. The van der Waals surface area contributed by atoms with Crippen molar-refractivity contribution in [3.8, 4) is 0 Å². The number of likely N-dealkylation sites (N-methyl/N-ethyl adjacent to an activating group) is 1. The maximum absolute atomic E-state index is 11.9. The third-order valence-electron chi connectivity index (χ3n) is 4.20. The predicted octanol–water partition coefficient (Wildman–Crippen LogP) is 3.92. The SMILES string of the molecule is CC.CC(=O)N(C(C)=O)c1ccc(Cc2ccc(N(C)C(=O)/C=C\C=O)cc2)cc1. The highest BCUT2D eigenvalue weighted by atomic mass is 16.2. The van der Waals surface area contributed by atoms with Crippen LogP contribution in [0.4, 0.5) is 11.4 Å². The van der Waals surface area contributed by atoms with Crippen LogP contribution in [0.3, 0.4) is 0 Å². The number of hydrogen-bond acceptors (Lipinski definition) is 4. The normalized spacial score (nSPS) is 10.0. The van der Waals surface area contributed by atoms with Crippen LogP contribution in [0.15, 0.2) is 60.7 Å². The van der Waals surface area contributed by atoms with E-state index in [1.807, 2.05) is 50.2 Å². The molecule has 0 aliphatic carbocycles. The summed E-state index contributed by atoms with van der Waals surface area (Å²) in [5.74, 6) is -0.925. The van der Waals surface area contributed by atoms with Gasteiger partial charge in [0.2, 0.25) is 11.8 Å². The molecule has 158 valence electrons. The monoisotopic (exact) mass is 408 g/mol. The van der Waals surface area contributed by atoms with Gasteiger partial charge in [-0.3, -0.25) is 24.1 Å². The zero-order valence-corrected chi connectivity index (χ0v) is 18.1. The van der Waals surface area contributed by atoms with Crippen molar-refractivity contribution in [2.45, 2.75) is 34.1 Å². The molecule has 0 spiro atoms. The molecular formula is C24H28N2O4. The fraction of sp³-hybridized carbons (Fsp3) is 0.250. The van der Waals surface area contributed by atoms with Crippen LogP contribution in [0.2, 0.25) is 0 Å². The molecule has 30 heavy (non-hydrogen) atoms. The molecule has 2 aromatic carbocycles. The lowest BCUT2D eigenvalue weighted by molar-refractivity contribution is -0.124. The van der Waals surface area contributed by atoms with Gasteiger partial charge in [-0.2, -0.15) is 0 Å². The van der Waals surface area contributed by atoms with Crippen LogP contribution in [0.5, 0.6) is 0 Å². The number of carbonyl (C=O) groups excluding carboxylic acids is 4. The zero-order chi connectivity index (χ0) is 22.7. The average Bonchev–Trinajstić information content (AvgIpc) is 2.74. The molecule has 0 heterocycles. The summed E-state index contributed by atoms with van der Waals surface area (Å²) in [7, 11) is 1.64. The number of amides is 3. The van der Waals surface area contributed by atoms with Gasteiger partial charge < -0.3 is 4.90 Å². The predicted molar refractivity (Wildman–Crippen MR) is 119 cm³/mol. The molecule has 6 nitrogen and oxygen atoms in total. The Labute approximate surface area is 177 Å². The van der Waals surface area contributed by atoms with E-state index in [0.717, 1.165) is 27.8 Å². The minimum absolute atomic E-state index is 0.282. The summed E-state index contributed by atoms with van der Waals surface area (Å²) in [6, 6.07) is 14.8. The van der Waals surface area contributed by atoms with Crippen molar-refractivity contribution in [3.63, 3.8) is 0 Å². The number of aldehydes is 1. The molecule has 6 heteroatoms. The van der Waals surface area contributed by atoms with Crippen molar-refractivity contribution in [2.75, 3.05) is 16.8 Å². The van der Waals surface area contributed by atoms with Crippen LogP contribution in [0.1, 0.15) is 38.8 Å². The van der Waals surface area contributed by atoms with Gasteiger partial charge in [0.15, 0.2) is 0 Å². The molecule has 0 aliphatic heterocycles. The van der Waals surface area contributed by atoms with E-state index in [0.29, 0.717) is 18.4 Å². The fourth-order valence-corrected chi connectivity index (χ4v) is 2.78. The number of nitrogens with zero attached hydrogens (tertiary/aromatic N) is 2. The Hall–Kier alpha value is -3.54. The van der Waals surface area contributed by atoms with E-state index in [9.17, 15) is 19.2 Å². The van der Waals surface area contributed by atoms with E-state index in [2.05, 4.69) is 0 Å². The second-order valence-electron chi connectivity index (χ2n) is 6.28. The summed E-state index contributed by atoms with van der Waals surface area (Å²) >= 11 is 0. The first-order chi connectivity index (χ1) is 14.3. The highest BCUT2D eigenvalue weighted by Crippen LogP contribution is 2.20. The summed E-state index contributed by atoms with van der Waals surface area (Å²) < 4.78 is 0. The molecule has 3 amide bonds. The average molecular weight is 408 g/mol. The smallest absolute Gasteiger partial charge is 0.250 e. The Morgan fingerprint density at radius 1 is 0.800 bits per heavy atom. The third kappa shape index (κ3) is 6.81. The Balaban J connectivity index is 0.00000218. The molecule has 0 fully saturated rings. The molecule has 2 aromatic rings. The molecule has 2 rings (SSSR count). The van der Waals surface area contributed by atoms with E-state index in [4.69, 9.17) is 0 Å². The Morgan fingerprint density at radius 2 is 1.23 bits per heavy atom. The number of allylic oxidation sites excluding steroid dienone is 1. The summed E-state index contributed by atoms with van der Waals surface area (Å²) in [6.45, 7) is 6.71. The molecule has 0 atom stereocenters. The Morgan fingerprint density at radius 3 is 1.63 bits per heavy atom. The second-order valence-corrected chi connectivity index (χ2v) is 6.28. The first-order valence-corrected chi connectivity index (χ1v) is 9.72. The van der Waals surface area contributed by atoms with Gasteiger partial charge in [0.05, 0.1) is 5.69 Å². The largest absolute Gasteiger partial charge is 0.312 e. The number of rotatable bonds is 6. The summed E-state index contributed by atoms with van der Waals surface area (Å²) in [5, 5.41) is 0. The maximum atomic E-state index is 11.9. The number of hydrogen-bond donors (Lipinski definition) is 0. The van der Waals surface area contributed by atoms with Crippen molar-refractivity contribution >= 4 is 35.4 Å². The highest BCUT2D eigenvalue weighted by Gasteiger charge is 2.15. The van der Waals surface area contributed by atoms with Crippen LogP contribution in [0, 0.1) is 0 Å². The van der Waals surface area contributed by atoms with Crippen LogP contribution >= 0.6 is 0 Å². The minimum atomic E-state index is -0.322. The molecule has 0 N–H and O–H groups in total. The zero-order valence-electron chi connectivity index (χ0n) is 18.1. The summed E-state index contributed by atoms with van der Waals surface area (Å²) in [5.41, 5.74) is 3.35. The molecular weight excluding hydrogens is 380 g/mol. The lowest BCUT2D eigenvalue weighted by Crippen LogP contribution is -2.32. The topological polar surface area (TPSA) is 74.8 Å². The third-order valence-corrected chi connectivity index (χ3v) is 4.20. The second kappa shape index (κ2) is 12.1. The van der Waals surface area contributed by atoms with Gasteiger partial charge in [-0.25, -0.2) is 0 Å². The van der Waals surface area contributed by atoms with Crippen molar-refractivity contribution in [1.82, 2.24) is 0 Å².